The molecule has 1 amide bonds. The molecule has 0 N–H and O–H groups in total. The van der Waals surface area contributed by atoms with E-state index in [4.69, 9.17) is 4.74 Å². The number of rotatable bonds is 4. The summed E-state index contributed by atoms with van der Waals surface area (Å²) in [5.41, 5.74) is 0.228. The first-order valence-corrected chi connectivity index (χ1v) is 7.15. The molecule has 0 aromatic carbocycles. The van der Waals surface area contributed by atoms with E-state index in [1.165, 1.54) is 12.8 Å². The maximum atomic E-state index is 12.2. The number of thiol groups is 1. The number of carbonyl (C=O) groups excluding carboxylic acids is 1. The zero-order valence-corrected chi connectivity index (χ0v) is 11.7. The van der Waals surface area contributed by atoms with Crippen LogP contribution in [0.4, 0.5) is 0 Å². The topological polar surface area (TPSA) is 29.5 Å². The summed E-state index contributed by atoms with van der Waals surface area (Å²) in [6.45, 7) is 3.85. The molecular formula is C13H23NO2S. The second-order valence-electron chi connectivity index (χ2n) is 5.71. The van der Waals surface area contributed by atoms with Crippen LogP contribution in [0.5, 0.6) is 0 Å². The highest BCUT2D eigenvalue weighted by atomic mass is 32.1. The number of piperidine rings is 1. The monoisotopic (exact) mass is 257 g/mol. The maximum absolute atomic E-state index is 12.2. The lowest BCUT2D eigenvalue weighted by Crippen LogP contribution is -2.47. The number of nitrogens with zero attached hydrogens (tertiary/aromatic N) is 1. The van der Waals surface area contributed by atoms with Gasteiger partial charge in [0, 0.05) is 26.6 Å². The Balaban J connectivity index is 1.87. The molecule has 1 saturated heterocycles. The Morgan fingerprint density at radius 1 is 1.53 bits per heavy atom. The van der Waals surface area contributed by atoms with Gasteiger partial charge in [-0.3, -0.25) is 4.79 Å². The number of carbonyl (C=O) groups is 1. The molecule has 0 aromatic heterocycles. The Hall–Kier alpha value is -0.220. The van der Waals surface area contributed by atoms with Gasteiger partial charge in [-0.1, -0.05) is 6.92 Å². The SMILES string of the molecule is COC1CN(C(=O)CC2(CS)CC2)CCC1C. The van der Waals surface area contributed by atoms with E-state index >= 15 is 0 Å². The van der Waals surface area contributed by atoms with Crippen LogP contribution in [0, 0.1) is 11.3 Å². The molecule has 0 spiro atoms. The molecule has 2 atom stereocenters. The molecule has 1 aliphatic heterocycles. The van der Waals surface area contributed by atoms with E-state index in [0.717, 1.165) is 25.3 Å². The van der Waals surface area contributed by atoms with Gasteiger partial charge in [0.25, 0.3) is 0 Å². The third-order valence-electron chi connectivity index (χ3n) is 4.36. The van der Waals surface area contributed by atoms with Crippen molar-refractivity contribution in [1.82, 2.24) is 4.90 Å². The van der Waals surface area contributed by atoms with Crippen LogP contribution >= 0.6 is 12.6 Å². The molecule has 3 nitrogen and oxygen atoms in total. The van der Waals surface area contributed by atoms with Crippen molar-refractivity contribution in [2.75, 3.05) is 26.0 Å². The van der Waals surface area contributed by atoms with Gasteiger partial charge in [-0.25, -0.2) is 0 Å². The summed E-state index contributed by atoms with van der Waals surface area (Å²) in [7, 11) is 1.74. The van der Waals surface area contributed by atoms with E-state index in [-0.39, 0.29) is 11.5 Å². The van der Waals surface area contributed by atoms with Crippen LogP contribution in [0.25, 0.3) is 0 Å². The molecular weight excluding hydrogens is 234 g/mol. The molecule has 1 aliphatic carbocycles. The van der Waals surface area contributed by atoms with Crippen LogP contribution in [0.1, 0.15) is 32.6 Å². The van der Waals surface area contributed by atoms with E-state index < -0.39 is 0 Å². The molecule has 0 radical (unpaired) electrons. The minimum atomic E-state index is 0.207. The van der Waals surface area contributed by atoms with Gasteiger partial charge in [0.2, 0.25) is 5.91 Å². The smallest absolute Gasteiger partial charge is 0.223 e. The zero-order valence-electron chi connectivity index (χ0n) is 10.8. The lowest BCUT2D eigenvalue weighted by Gasteiger charge is -2.36. The number of ether oxygens (including phenoxy) is 1. The predicted octanol–water partition coefficient (Wildman–Crippen LogP) is 1.97. The van der Waals surface area contributed by atoms with E-state index in [2.05, 4.69) is 19.6 Å². The Morgan fingerprint density at radius 2 is 2.24 bits per heavy atom. The largest absolute Gasteiger partial charge is 0.379 e. The lowest BCUT2D eigenvalue weighted by atomic mass is 9.94. The summed E-state index contributed by atoms with van der Waals surface area (Å²) in [6.07, 6.45) is 4.28. The van der Waals surface area contributed by atoms with Gasteiger partial charge in [-0.05, 0) is 36.3 Å². The van der Waals surface area contributed by atoms with Gasteiger partial charge in [-0.15, -0.1) is 0 Å². The Kier molecular flexibility index (Phi) is 4.03. The molecule has 1 saturated carbocycles. The highest BCUT2D eigenvalue weighted by Crippen LogP contribution is 2.49. The number of likely N-dealkylation sites (tertiary alicyclic amines) is 1. The Labute approximate surface area is 109 Å². The summed E-state index contributed by atoms with van der Waals surface area (Å²) >= 11 is 4.36. The van der Waals surface area contributed by atoms with Crippen molar-refractivity contribution in [2.24, 2.45) is 11.3 Å². The molecule has 17 heavy (non-hydrogen) atoms. The maximum Gasteiger partial charge on any atom is 0.223 e. The van der Waals surface area contributed by atoms with Crippen molar-refractivity contribution in [1.29, 1.82) is 0 Å². The van der Waals surface area contributed by atoms with E-state index in [1.54, 1.807) is 7.11 Å². The van der Waals surface area contributed by atoms with Crippen molar-refractivity contribution in [2.45, 2.75) is 38.7 Å². The number of hydrogen-bond acceptors (Lipinski definition) is 3. The number of amides is 1. The Bertz CT molecular complexity index is 291. The molecule has 0 aromatic rings. The molecule has 1 heterocycles. The summed E-state index contributed by atoms with van der Waals surface area (Å²) in [5.74, 6) is 1.70. The summed E-state index contributed by atoms with van der Waals surface area (Å²) in [5, 5.41) is 0. The van der Waals surface area contributed by atoms with Gasteiger partial charge >= 0.3 is 0 Å². The standard InChI is InChI=1S/C13H23NO2S/c1-10-3-6-14(8-11(10)16-2)12(15)7-13(9-17)4-5-13/h10-11,17H,3-9H2,1-2H3. The van der Waals surface area contributed by atoms with Crippen LogP contribution in [0.15, 0.2) is 0 Å². The molecule has 98 valence electrons. The van der Waals surface area contributed by atoms with E-state index in [0.29, 0.717) is 18.2 Å². The molecule has 2 rings (SSSR count). The highest BCUT2D eigenvalue weighted by Gasteiger charge is 2.44. The average molecular weight is 257 g/mol. The highest BCUT2D eigenvalue weighted by molar-refractivity contribution is 7.80. The lowest BCUT2D eigenvalue weighted by molar-refractivity contribution is -0.137. The average Bonchev–Trinajstić information content (AvgIpc) is 3.10. The minimum absolute atomic E-state index is 0.207. The summed E-state index contributed by atoms with van der Waals surface area (Å²) in [6, 6.07) is 0. The fourth-order valence-electron chi connectivity index (χ4n) is 2.57. The first kappa shape index (κ1) is 13.2. The van der Waals surface area contributed by atoms with Gasteiger partial charge in [0.1, 0.15) is 0 Å². The quantitative estimate of drug-likeness (QED) is 0.780. The normalized spacial score (nSPS) is 31.4. The minimum Gasteiger partial charge on any atom is -0.379 e. The first-order chi connectivity index (χ1) is 8.10. The fourth-order valence-corrected chi connectivity index (χ4v) is 3.00. The van der Waals surface area contributed by atoms with Crippen molar-refractivity contribution in [3.63, 3.8) is 0 Å². The molecule has 2 fully saturated rings. The first-order valence-electron chi connectivity index (χ1n) is 6.52. The van der Waals surface area contributed by atoms with Crippen molar-refractivity contribution >= 4 is 18.5 Å². The molecule has 2 aliphatic rings. The molecule has 2 unspecified atom stereocenters. The van der Waals surface area contributed by atoms with Gasteiger partial charge in [-0.2, -0.15) is 12.6 Å². The number of methoxy groups -OCH3 is 1. The predicted molar refractivity (Wildman–Crippen MR) is 71.3 cm³/mol. The Morgan fingerprint density at radius 3 is 2.76 bits per heavy atom. The van der Waals surface area contributed by atoms with Crippen molar-refractivity contribution in [3.8, 4) is 0 Å². The van der Waals surface area contributed by atoms with E-state index in [9.17, 15) is 4.79 Å². The van der Waals surface area contributed by atoms with E-state index in [1.807, 2.05) is 4.90 Å². The second-order valence-corrected chi connectivity index (χ2v) is 6.03. The number of hydrogen-bond donors (Lipinski definition) is 1. The summed E-state index contributed by atoms with van der Waals surface area (Å²) in [4.78, 5) is 14.2. The van der Waals surface area contributed by atoms with Gasteiger partial charge in [0.05, 0.1) is 6.10 Å². The van der Waals surface area contributed by atoms with Crippen molar-refractivity contribution in [3.05, 3.63) is 0 Å². The van der Waals surface area contributed by atoms with Crippen LogP contribution in [0.3, 0.4) is 0 Å². The van der Waals surface area contributed by atoms with Crippen LogP contribution in [-0.4, -0.2) is 42.9 Å². The molecule has 0 bridgehead atoms. The summed E-state index contributed by atoms with van der Waals surface area (Å²) < 4.78 is 5.45. The van der Waals surface area contributed by atoms with Gasteiger partial charge in [0.15, 0.2) is 0 Å². The van der Waals surface area contributed by atoms with Crippen molar-refractivity contribution < 1.29 is 9.53 Å². The van der Waals surface area contributed by atoms with Gasteiger partial charge < -0.3 is 9.64 Å². The zero-order chi connectivity index (χ0) is 12.5. The third kappa shape index (κ3) is 2.97. The molecule has 4 heteroatoms. The van der Waals surface area contributed by atoms with Crippen LogP contribution in [0.2, 0.25) is 0 Å². The second kappa shape index (κ2) is 5.19. The third-order valence-corrected chi connectivity index (χ3v) is 5.03. The van der Waals surface area contributed by atoms with Crippen LogP contribution in [-0.2, 0) is 9.53 Å². The fraction of sp³-hybridized carbons (Fsp3) is 0.923. The van der Waals surface area contributed by atoms with Crippen LogP contribution < -0.4 is 0 Å².